The van der Waals surface area contributed by atoms with Crippen molar-refractivity contribution >= 4 is 29.1 Å². The molecule has 0 radical (unpaired) electrons. The molecule has 1 atom stereocenters. The van der Waals surface area contributed by atoms with Crippen LogP contribution in [-0.2, 0) is 22.3 Å². The van der Waals surface area contributed by atoms with E-state index in [9.17, 15) is 27.9 Å². The Labute approximate surface area is 209 Å². The quantitative estimate of drug-likeness (QED) is 0.255. The molecule has 10 heteroatoms. The molecule has 0 bridgehead atoms. The highest BCUT2D eigenvalue weighted by atomic mass is 35.5. The average Bonchev–Trinajstić information content (AvgIpc) is 3.10. The minimum Gasteiger partial charge on any atom is -0.507 e. The lowest BCUT2D eigenvalue weighted by atomic mass is 9.96. The summed E-state index contributed by atoms with van der Waals surface area (Å²) in [6.07, 6.45) is -1.65. The van der Waals surface area contributed by atoms with Gasteiger partial charge in [-0.05, 0) is 54.4 Å². The van der Waals surface area contributed by atoms with E-state index in [1.165, 1.54) is 42.7 Å². The van der Waals surface area contributed by atoms with Gasteiger partial charge in [0, 0.05) is 24.5 Å². The maximum atomic E-state index is 13.2. The first kappa shape index (κ1) is 25.2. The van der Waals surface area contributed by atoms with Crippen molar-refractivity contribution in [2.24, 2.45) is 0 Å². The van der Waals surface area contributed by atoms with E-state index in [1.807, 2.05) is 0 Å². The largest absolute Gasteiger partial charge is 0.507 e. The third-order valence-electron chi connectivity index (χ3n) is 5.65. The van der Waals surface area contributed by atoms with Gasteiger partial charge in [-0.1, -0.05) is 29.8 Å². The van der Waals surface area contributed by atoms with Crippen LogP contribution in [0.2, 0.25) is 5.02 Å². The minimum atomic E-state index is -4.57. The Balaban J connectivity index is 1.83. The molecule has 0 saturated carbocycles. The van der Waals surface area contributed by atoms with Crippen LogP contribution in [-0.4, -0.2) is 33.3 Å². The molecule has 1 fully saturated rings. The summed E-state index contributed by atoms with van der Waals surface area (Å²) in [7, 11) is 0. The lowest BCUT2D eigenvalue weighted by Gasteiger charge is -2.25. The van der Waals surface area contributed by atoms with Crippen LogP contribution in [0.1, 0.15) is 35.2 Å². The van der Waals surface area contributed by atoms with Gasteiger partial charge < -0.3 is 14.7 Å². The monoisotopic (exact) mass is 516 g/mol. The van der Waals surface area contributed by atoms with Gasteiger partial charge >= 0.3 is 6.18 Å². The zero-order valence-corrected chi connectivity index (χ0v) is 19.7. The number of aromatic nitrogens is 1. The van der Waals surface area contributed by atoms with Crippen LogP contribution in [0.5, 0.6) is 5.75 Å². The smallest absolute Gasteiger partial charge is 0.416 e. The predicted molar refractivity (Wildman–Crippen MR) is 126 cm³/mol. The first-order valence-electron chi connectivity index (χ1n) is 10.9. The molecule has 2 heterocycles. The lowest BCUT2D eigenvalue weighted by molar-refractivity contribution is -0.140. The van der Waals surface area contributed by atoms with Crippen molar-refractivity contribution in [2.45, 2.75) is 25.7 Å². The fraction of sp³-hybridized carbons (Fsp3) is 0.192. The van der Waals surface area contributed by atoms with E-state index < -0.39 is 35.2 Å². The van der Waals surface area contributed by atoms with Crippen LogP contribution in [0, 0.1) is 0 Å². The number of ketones is 1. The summed E-state index contributed by atoms with van der Waals surface area (Å²) >= 11 is 6.13. The summed E-state index contributed by atoms with van der Waals surface area (Å²) in [5.74, 6) is -2.12. The van der Waals surface area contributed by atoms with Gasteiger partial charge in [0.15, 0.2) is 0 Å². The molecule has 36 heavy (non-hydrogen) atoms. The van der Waals surface area contributed by atoms with E-state index in [0.717, 1.165) is 17.0 Å². The molecule has 1 unspecified atom stereocenters. The molecule has 1 amide bonds. The Hall–Kier alpha value is -3.85. The number of alkyl halides is 3. The second-order valence-corrected chi connectivity index (χ2v) is 8.40. The van der Waals surface area contributed by atoms with Crippen LogP contribution < -0.4 is 4.74 Å². The zero-order chi connectivity index (χ0) is 26.0. The maximum absolute atomic E-state index is 13.2. The average molecular weight is 517 g/mol. The molecule has 4 rings (SSSR count). The number of carbonyl (C=O) groups is 2. The van der Waals surface area contributed by atoms with Gasteiger partial charge in [0.25, 0.3) is 11.7 Å². The van der Waals surface area contributed by atoms with Crippen molar-refractivity contribution in [2.75, 3.05) is 6.61 Å². The number of carbonyl (C=O) groups excluding carboxylic acids is 2. The zero-order valence-electron chi connectivity index (χ0n) is 18.9. The molecule has 0 aliphatic carbocycles. The summed E-state index contributed by atoms with van der Waals surface area (Å²) in [6.45, 7) is 1.77. The molecule has 1 aliphatic rings. The Bertz CT molecular complexity index is 1340. The molecule has 186 valence electrons. The van der Waals surface area contributed by atoms with Crippen LogP contribution in [0.4, 0.5) is 13.2 Å². The molecule has 1 aromatic heterocycles. The van der Waals surface area contributed by atoms with Gasteiger partial charge in [0.05, 0.1) is 28.8 Å². The summed E-state index contributed by atoms with van der Waals surface area (Å²) in [5, 5.41) is 11.5. The highest BCUT2D eigenvalue weighted by Gasteiger charge is 2.46. The number of likely N-dealkylation sites (tertiary alicyclic amines) is 1. The number of amides is 1. The van der Waals surface area contributed by atoms with E-state index in [0.29, 0.717) is 17.2 Å². The number of ether oxygens (including phenoxy) is 1. The summed E-state index contributed by atoms with van der Waals surface area (Å²) in [5.41, 5.74) is -0.326. The van der Waals surface area contributed by atoms with Gasteiger partial charge in [-0.2, -0.15) is 13.2 Å². The Kier molecular flexibility index (Phi) is 7.03. The SMILES string of the molecule is CCOc1cc(/C(O)=C2\C(=O)C(=O)N(Cc3cccc(C(F)(F)F)c3)C2c2cccnc2)ccc1Cl. The summed E-state index contributed by atoms with van der Waals surface area (Å²) in [4.78, 5) is 31.4. The summed E-state index contributed by atoms with van der Waals surface area (Å²) < 4.78 is 45.1. The number of rotatable bonds is 6. The molecule has 2 aromatic carbocycles. The molecule has 6 nitrogen and oxygen atoms in total. The van der Waals surface area contributed by atoms with Gasteiger partial charge in [0.1, 0.15) is 11.5 Å². The number of hydrogen-bond donors (Lipinski definition) is 1. The topological polar surface area (TPSA) is 79.7 Å². The first-order valence-corrected chi connectivity index (χ1v) is 11.3. The maximum Gasteiger partial charge on any atom is 0.416 e. The van der Waals surface area contributed by atoms with E-state index in [-0.39, 0.29) is 29.0 Å². The van der Waals surface area contributed by atoms with E-state index in [2.05, 4.69) is 4.98 Å². The molecule has 1 saturated heterocycles. The van der Waals surface area contributed by atoms with Crippen molar-refractivity contribution in [3.8, 4) is 5.75 Å². The number of aliphatic hydroxyl groups excluding tert-OH is 1. The molecule has 0 spiro atoms. The van der Waals surface area contributed by atoms with Gasteiger partial charge in [0.2, 0.25) is 0 Å². The van der Waals surface area contributed by atoms with E-state index in [1.54, 1.807) is 19.1 Å². The normalized spacial score (nSPS) is 17.5. The summed E-state index contributed by atoms with van der Waals surface area (Å²) in [6, 6.07) is 11.0. The first-order chi connectivity index (χ1) is 17.1. The lowest BCUT2D eigenvalue weighted by Crippen LogP contribution is -2.29. The second kappa shape index (κ2) is 10.0. The second-order valence-electron chi connectivity index (χ2n) is 7.99. The Morgan fingerprint density at radius 1 is 1.14 bits per heavy atom. The van der Waals surface area contributed by atoms with Gasteiger partial charge in [-0.3, -0.25) is 14.6 Å². The molecule has 1 aliphatic heterocycles. The molecular weight excluding hydrogens is 497 g/mol. The Morgan fingerprint density at radius 2 is 1.92 bits per heavy atom. The van der Waals surface area contributed by atoms with Crippen LogP contribution in [0.25, 0.3) is 5.76 Å². The van der Waals surface area contributed by atoms with Crippen molar-refractivity contribution in [3.63, 3.8) is 0 Å². The fourth-order valence-corrected chi connectivity index (χ4v) is 4.21. The molecule has 1 N–H and O–H groups in total. The van der Waals surface area contributed by atoms with Crippen LogP contribution >= 0.6 is 11.6 Å². The van der Waals surface area contributed by atoms with Gasteiger partial charge in [-0.15, -0.1) is 0 Å². The van der Waals surface area contributed by atoms with Crippen molar-refractivity contribution in [1.82, 2.24) is 9.88 Å². The third kappa shape index (κ3) is 4.92. The highest BCUT2D eigenvalue weighted by molar-refractivity contribution is 6.46. The number of Topliss-reactive ketones (excluding diaryl/α,β-unsaturated/α-hetero) is 1. The number of nitrogens with zero attached hydrogens (tertiary/aromatic N) is 2. The molecule has 3 aromatic rings. The van der Waals surface area contributed by atoms with Crippen molar-refractivity contribution in [3.05, 3.63) is 99.8 Å². The number of hydrogen-bond acceptors (Lipinski definition) is 5. The molecular formula is C26H20ClF3N2O4. The Morgan fingerprint density at radius 3 is 2.58 bits per heavy atom. The van der Waals surface area contributed by atoms with Gasteiger partial charge in [-0.25, -0.2) is 0 Å². The minimum absolute atomic E-state index is 0.172. The fourth-order valence-electron chi connectivity index (χ4n) is 4.04. The van der Waals surface area contributed by atoms with Crippen LogP contribution in [0.3, 0.4) is 0 Å². The highest BCUT2D eigenvalue weighted by Crippen LogP contribution is 2.41. The predicted octanol–water partition coefficient (Wildman–Crippen LogP) is 5.77. The van der Waals surface area contributed by atoms with E-state index in [4.69, 9.17) is 16.3 Å². The standard InChI is InChI=1S/C26H20ClF3N2O4/c1-2-36-20-12-16(8-9-19(20)27)23(33)21-22(17-6-4-10-31-13-17)32(25(35)24(21)34)14-15-5-3-7-18(11-15)26(28,29)30/h3-13,22,33H,2,14H2,1H3/b23-21+. The van der Waals surface area contributed by atoms with Crippen LogP contribution in [0.15, 0.2) is 72.6 Å². The van der Waals surface area contributed by atoms with Crippen molar-refractivity contribution in [1.29, 1.82) is 0 Å². The number of pyridine rings is 1. The number of benzene rings is 2. The number of halogens is 4. The van der Waals surface area contributed by atoms with E-state index >= 15 is 0 Å². The van der Waals surface area contributed by atoms with Crippen molar-refractivity contribution < 1.29 is 32.6 Å². The third-order valence-corrected chi connectivity index (χ3v) is 5.96. The number of aliphatic hydroxyl groups is 1.